The van der Waals surface area contributed by atoms with E-state index in [1.807, 2.05) is 24.5 Å². The fourth-order valence-corrected chi connectivity index (χ4v) is 2.51. The first-order valence-electron chi connectivity index (χ1n) is 7.04. The molecule has 4 nitrogen and oxygen atoms in total. The fraction of sp³-hybridized carbons (Fsp3) is 0.312. The summed E-state index contributed by atoms with van der Waals surface area (Å²) in [6, 6.07) is 10.6. The van der Waals surface area contributed by atoms with E-state index < -0.39 is 0 Å². The molecule has 0 fully saturated rings. The number of hydrogen-bond donors (Lipinski definition) is 2. The number of benzene rings is 1. The van der Waals surface area contributed by atoms with Crippen LogP contribution in [0.25, 0.3) is 0 Å². The number of hydrogen-bond acceptors (Lipinski definition) is 4. The second kappa shape index (κ2) is 5.82. The molecule has 0 bridgehead atoms. The summed E-state index contributed by atoms with van der Waals surface area (Å²) in [6.45, 7) is 3.72. The number of aromatic nitrogens is 1. The van der Waals surface area contributed by atoms with Gasteiger partial charge in [-0.2, -0.15) is 0 Å². The molecular formula is C16H19N3O. The van der Waals surface area contributed by atoms with Gasteiger partial charge >= 0.3 is 0 Å². The number of anilines is 2. The number of para-hydroxylation sites is 1. The van der Waals surface area contributed by atoms with Crippen molar-refractivity contribution < 1.29 is 4.74 Å². The SMILES string of the molecule is CCNc1cncc(NC2CCOc3ccccc32)c1. The average Bonchev–Trinajstić information content (AvgIpc) is 2.48. The van der Waals surface area contributed by atoms with Gasteiger partial charge in [0.15, 0.2) is 0 Å². The van der Waals surface area contributed by atoms with Crippen LogP contribution in [-0.2, 0) is 0 Å². The molecule has 1 aliphatic rings. The van der Waals surface area contributed by atoms with Crippen molar-refractivity contribution in [3.05, 3.63) is 48.3 Å². The highest BCUT2D eigenvalue weighted by Crippen LogP contribution is 2.34. The van der Waals surface area contributed by atoms with Crippen LogP contribution in [-0.4, -0.2) is 18.1 Å². The van der Waals surface area contributed by atoms with Gasteiger partial charge in [-0.05, 0) is 19.1 Å². The van der Waals surface area contributed by atoms with Gasteiger partial charge < -0.3 is 15.4 Å². The van der Waals surface area contributed by atoms with Crippen molar-refractivity contribution in [3.63, 3.8) is 0 Å². The van der Waals surface area contributed by atoms with Crippen LogP contribution in [0.1, 0.15) is 24.9 Å². The number of pyridine rings is 1. The summed E-state index contributed by atoms with van der Waals surface area (Å²) in [5, 5.41) is 6.83. The highest BCUT2D eigenvalue weighted by molar-refractivity contribution is 5.55. The van der Waals surface area contributed by atoms with Gasteiger partial charge in [0.2, 0.25) is 0 Å². The van der Waals surface area contributed by atoms with Crippen LogP contribution in [0.5, 0.6) is 5.75 Å². The van der Waals surface area contributed by atoms with Gasteiger partial charge in [-0.1, -0.05) is 18.2 Å². The average molecular weight is 269 g/mol. The molecule has 3 rings (SSSR count). The molecule has 0 saturated heterocycles. The van der Waals surface area contributed by atoms with Gasteiger partial charge in [0, 0.05) is 18.5 Å². The lowest BCUT2D eigenvalue weighted by Gasteiger charge is -2.27. The van der Waals surface area contributed by atoms with Crippen molar-refractivity contribution in [1.82, 2.24) is 4.98 Å². The van der Waals surface area contributed by atoms with Gasteiger partial charge in [-0.15, -0.1) is 0 Å². The first-order valence-corrected chi connectivity index (χ1v) is 7.04. The van der Waals surface area contributed by atoms with E-state index in [4.69, 9.17) is 4.74 Å². The number of ether oxygens (including phenoxy) is 1. The Bertz CT molecular complexity index is 585. The predicted molar refractivity (Wildman–Crippen MR) is 81.3 cm³/mol. The highest BCUT2D eigenvalue weighted by atomic mass is 16.5. The van der Waals surface area contributed by atoms with Crippen LogP contribution in [0, 0.1) is 0 Å². The Balaban J connectivity index is 1.80. The molecule has 1 aliphatic heterocycles. The van der Waals surface area contributed by atoms with E-state index in [-0.39, 0.29) is 6.04 Å². The molecule has 0 saturated carbocycles. The van der Waals surface area contributed by atoms with Crippen LogP contribution in [0.4, 0.5) is 11.4 Å². The standard InChI is InChI=1S/C16H19N3O/c1-2-18-12-9-13(11-17-10-12)19-15-7-8-20-16-6-4-3-5-14(15)16/h3-6,9-11,15,18-19H,2,7-8H2,1H3. The van der Waals surface area contributed by atoms with E-state index in [0.29, 0.717) is 0 Å². The van der Waals surface area contributed by atoms with Crippen LogP contribution < -0.4 is 15.4 Å². The molecule has 0 amide bonds. The van der Waals surface area contributed by atoms with Crippen molar-refractivity contribution in [2.24, 2.45) is 0 Å². The molecule has 2 aromatic rings. The first kappa shape index (κ1) is 12.8. The predicted octanol–water partition coefficient (Wildman–Crippen LogP) is 3.45. The Morgan fingerprint density at radius 1 is 1.25 bits per heavy atom. The molecule has 1 aromatic heterocycles. The zero-order valence-corrected chi connectivity index (χ0v) is 11.6. The van der Waals surface area contributed by atoms with E-state index >= 15 is 0 Å². The maximum absolute atomic E-state index is 5.69. The molecule has 1 atom stereocenters. The highest BCUT2D eigenvalue weighted by Gasteiger charge is 2.20. The Kier molecular flexibility index (Phi) is 3.72. The molecule has 2 N–H and O–H groups in total. The van der Waals surface area contributed by atoms with E-state index in [9.17, 15) is 0 Å². The van der Waals surface area contributed by atoms with Crippen LogP contribution in [0.15, 0.2) is 42.7 Å². The number of nitrogens with zero attached hydrogens (tertiary/aromatic N) is 1. The minimum atomic E-state index is 0.277. The number of rotatable bonds is 4. The smallest absolute Gasteiger partial charge is 0.124 e. The van der Waals surface area contributed by atoms with E-state index in [1.165, 1.54) is 5.56 Å². The number of fused-ring (bicyclic) bond motifs is 1. The fourth-order valence-electron chi connectivity index (χ4n) is 2.51. The summed E-state index contributed by atoms with van der Waals surface area (Å²) in [5.41, 5.74) is 3.29. The first-order chi connectivity index (χ1) is 9.86. The lowest BCUT2D eigenvalue weighted by molar-refractivity contribution is 0.274. The van der Waals surface area contributed by atoms with Gasteiger partial charge in [0.25, 0.3) is 0 Å². The van der Waals surface area contributed by atoms with E-state index in [1.54, 1.807) is 0 Å². The summed E-state index contributed by atoms with van der Waals surface area (Å²) in [5.74, 6) is 0.979. The Hall–Kier alpha value is -2.23. The zero-order valence-electron chi connectivity index (χ0n) is 11.6. The Morgan fingerprint density at radius 2 is 2.10 bits per heavy atom. The Labute approximate surface area is 119 Å². The third-order valence-electron chi connectivity index (χ3n) is 3.42. The van der Waals surface area contributed by atoms with E-state index in [2.05, 4.69) is 40.7 Å². The third kappa shape index (κ3) is 2.69. The third-order valence-corrected chi connectivity index (χ3v) is 3.42. The summed E-state index contributed by atoms with van der Waals surface area (Å²) < 4.78 is 5.69. The summed E-state index contributed by atoms with van der Waals surface area (Å²) in [7, 11) is 0. The minimum Gasteiger partial charge on any atom is -0.493 e. The molecule has 1 unspecified atom stereocenters. The van der Waals surface area contributed by atoms with E-state index in [0.717, 1.165) is 36.7 Å². The largest absolute Gasteiger partial charge is 0.493 e. The van der Waals surface area contributed by atoms with Crippen LogP contribution >= 0.6 is 0 Å². The quantitative estimate of drug-likeness (QED) is 0.892. The molecule has 20 heavy (non-hydrogen) atoms. The summed E-state index contributed by atoms with van der Waals surface area (Å²) in [6.07, 6.45) is 4.66. The zero-order chi connectivity index (χ0) is 13.8. The monoisotopic (exact) mass is 269 g/mol. The lowest BCUT2D eigenvalue weighted by Crippen LogP contribution is -2.20. The van der Waals surface area contributed by atoms with Gasteiger partial charge in [0.05, 0.1) is 36.4 Å². The van der Waals surface area contributed by atoms with Gasteiger partial charge in [-0.3, -0.25) is 4.98 Å². The molecule has 4 heteroatoms. The topological polar surface area (TPSA) is 46.2 Å². The van der Waals surface area contributed by atoms with Crippen molar-refractivity contribution in [1.29, 1.82) is 0 Å². The summed E-state index contributed by atoms with van der Waals surface area (Å²) >= 11 is 0. The molecular weight excluding hydrogens is 250 g/mol. The molecule has 2 heterocycles. The van der Waals surface area contributed by atoms with Crippen molar-refractivity contribution in [2.75, 3.05) is 23.8 Å². The maximum Gasteiger partial charge on any atom is 0.124 e. The molecule has 0 spiro atoms. The molecule has 104 valence electrons. The van der Waals surface area contributed by atoms with Gasteiger partial charge in [0.1, 0.15) is 5.75 Å². The van der Waals surface area contributed by atoms with Crippen molar-refractivity contribution in [3.8, 4) is 5.75 Å². The van der Waals surface area contributed by atoms with Crippen LogP contribution in [0.3, 0.4) is 0 Å². The lowest BCUT2D eigenvalue weighted by atomic mass is 10.0. The van der Waals surface area contributed by atoms with Gasteiger partial charge in [-0.25, -0.2) is 0 Å². The summed E-state index contributed by atoms with van der Waals surface area (Å²) in [4.78, 5) is 4.27. The second-order valence-corrected chi connectivity index (χ2v) is 4.86. The minimum absolute atomic E-state index is 0.277. The second-order valence-electron chi connectivity index (χ2n) is 4.86. The molecule has 0 radical (unpaired) electrons. The maximum atomic E-state index is 5.69. The normalized spacial score (nSPS) is 16.9. The van der Waals surface area contributed by atoms with Crippen molar-refractivity contribution >= 4 is 11.4 Å². The van der Waals surface area contributed by atoms with Crippen molar-refractivity contribution in [2.45, 2.75) is 19.4 Å². The molecule has 1 aromatic carbocycles. The molecule has 0 aliphatic carbocycles. The Morgan fingerprint density at radius 3 is 3.00 bits per heavy atom. The van der Waals surface area contributed by atoms with Crippen LogP contribution in [0.2, 0.25) is 0 Å². The number of nitrogens with one attached hydrogen (secondary N) is 2.